The van der Waals surface area contributed by atoms with E-state index in [2.05, 4.69) is 20.8 Å². The predicted molar refractivity (Wildman–Crippen MR) is 103 cm³/mol. The molecule has 0 unspecified atom stereocenters. The van der Waals surface area contributed by atoms with E-state index in [-0.39, 0.29) is 17.6 Å². The predicted octanol–water partition coefficient (Wildman–Crippen LogP) is 3.87. The third kappa shape index (κ3) is 5.54. The van der Waals surface area contributed by atoms with E-state index < -0.39 is 5.41 Å². The van der Waals surface area contributed by atoms with E-state index in [1.807, 2.05) is 52.8 Å². The summed E-state index contributed by atoms with van der Waals surface area (Å²) in [5.41, 5.74) is 2.52. The van der Waals surface area contributed by atoms with Crippen molar-refractivity contribution in [2.45, 2.75) is 39.0 Å². The molecule has 2 amide bonds. The fourth-order valence-corrected chi connectivity index (χ4v) is 3.35. The number of anilines is 2. The van der Waals surface area contributed by atoms with Gasteiger partial charge in [-0.05, 0) is 31.0 Å². The second kappa shape index (κ2) is 7.97. The maximum absolute atomic E-state index is 12.1. The van der Waals surface area contributed by atoms with Crippen LogP contribution in [0.1, 0.15) is 31.9 Å². The highest BCUT2D eigenvalue weighted by atomic mass is 32.2. The van der Waals surface area contributed by atoms with E-state index in [0.29, 0.717) is 9.47 Å². The fraction of sp³-hybridized carbons (Fsp3) is 0.412. The normalized spacial score (nSPS) is 11.2. The second-order valence-electron chi connectivity index (χ2n) is 6.66. The first-order valence-electron chi connectivity index (χ1n) is 7.80. The van der Waals surface area contributed by atoms with Crippen LogP contribution in [0.2, 0.25) is 0 Å². The Bertz CT molecular complexity index is 781. The van der Waals surface area contributed by atoms with Crippen LogP contribution in [-0.2, 0) is 9.59 Å². The van der Waals surface area contributed by atoms with Gasteiger partial charge in [-0.25, -0.2) is 0 Å². The van der Waals surface area contributed by atoms with Gasteiger partial charge in [0.2, 0.25) is 16.9 Å². The molecule has 0 aliphatic heterocycles. The van der Waals surface area contributed by atoms with Crippen molar-refractivity contribution < 1.29 is 9.59 Å². The van der Waals surface area contributed by atoms with Crippen molar-refractivity contribution in [3.8, 4) is 0 Å². The zero-order chi connectivity index (χ0) is 18.6. The lowest BCUT2D eigenvalue weighted by atomic mass is 9.96. The summed E-state index contributed by atoms with van der Waals surface area (Å²) >= 11 is 2.55. The summed E-state index contributed by atoms with van der Waals surface area (Å²) in [7, 11) is 0. The van der Waals surface area contributed by atoms with Crippen molar-refractivity contribution in [1.29, 1.82) is 0 Å². The highest BCUT2D eigenvalue weighted by molar-refractivity contribution is 8.01. The zero-order valence-electron chi connectivity index (χ0n) is 15.0. The Kier molecular flexibility index (Phi) is 6.18. The molecule has 8 heteroatoms. The Balaban J connectivity index is 1.88. The summed E-state index contributed by atoms with van der Waals surface area (Å²) in [4.78, 5) is 24.0. The molecule has 1 aromatic heterocycles. The first-order valence-corrected chi connectivity index (χ1v) is 9.61. The summed E-state index contributed by atoms with van der Waals surface area (Å²) in [6.45, 7) is 9.48. The molecule has 1 heterocycles. The minimum atomic E-state index is -0.495. The lowest BCUT2D eigenvalue weighted by molar-refractivity contribution is -0.123. The topological polar surface area (TPSA) is 84.0 Å². The average Bonchev–Trinajstić information content (AvgIpc) is 2.96. The summed E-state index contributed by atoms with van der Waals surface area (Å²) < 4.78 is 0.639. The van der Waals surface area contributed by atoms with E-state index in [9.17, 15) is 9.59 Å². The second-order valence-corrected chi connectivity index (χ2v) is 8.86. The van der Waals surface area contributed by atoms with Crippen molar-refractivity contribution in [2.75, 3.05) is 16.4 Å². The van der Waals surface area contributed by atoms with Gasteiger partial charge in [0.15, 0.2) is 4.34 Å². The maximum atomic E-state index is 12.1. The van der Waals surface area contributed by atoms with Crippen molar-refractivity contribution in [3.05, 3.63) is 29.3 Å². The van der Waals surface area contributed by atoms with Gasteiger partial charge in [0.1, 0.15) is 0 Å². The number of aromatic nitrogens is 2. The Morgan fingerprint density at radius 1 is 1.16 bits per heavy atom. The Morgan fingerprint density at radius 3 is 2.56 bits per heavy atom. The van der Waals surface area contributed by atoms with Crippen LogP contribution in [0.5, 0.6) is 0 Å². The number of benzene rings is 1. The lowest BCUT2D eigenvalue weighted by Gasteiger charge is -2.15. The van der Waals surface area contributed by atoms with Gasteiger partial charge in [-0.1, -0.05) is 56.0 Å². The van der Waals surface area contributed by atoms with Crippen LogP contribution in [-0.4, -0.2) is 27.8 Å². The first-order chi connectivity index (χ1) is 11.7. The summed E-state index contributed by atoms with van der Waals surface area (Å²) in [5.74, 6) is 0.0111. The lowest BCUT2D eigenvalue weighted by Crippen LogP contribution is -2.27. The third-order valence-electron chi connectivity index (χ3n) is 3.51. The van der Waals surface area contributed by atoms with Gasteiger partial charge in [-0.15, -0.1) is 10.2 Å². The van der Waals surface area contributed by atoms with Crippen LogP contribution in [0.3, 0.4) is 0 Å². The number of aryl methyl sites for hydroxylation is 1. The molecule has 2 aromatic rings. The molecule has 0 bridgehead atoms. The van der Waals surface area contributed by atoms with Crippen molar-refractivity contribution >= 4 is 45.7 Å². The minimum Gasteiger partial charge on any atom is -0.325 e. The largest absolute Gasteiger partial charge is 0.325 e. The molecule has 1 aromatic carbocycles. The Morgan fingerprint density at radius 2 is 1.88 bits per heavy atom. The number of nitrogens with zero attached hydrogens (tertiary/aromatic N) is 2. The molecule has 0 fully saturated rings. The van der Waals surface area contributed by atoms with Gasteiger partial charge in [-0.2, -0.15) is 0 Å². The smallest absolute Gasteiger partial charge is 0.234 e. The molecule has 0 atom stereocenters. The molecule has 0 saturated heterocycles. The molecule has 2 N–H and O–H groups in total. The SMILES string of the molecule is Cc1cccc(NC(=O)CSc2nnc(NC(=O)C(C)(C)C)s2)c1C. The van der Waals surface area contributed by atoms with Gasteiger partial charge < -0.3 is 10.6 Å². The van der Waals surface area contributed by atoms with Gasteiger partial charge in [0.05, 0.1) is 5.75 Å². The number of rotatable bonds is 5. The molecule has 25 heavy (non-hydrogen) atoms. The molecule has 134 valence electrons. The fourth-order valence-electron chi connectivity index (χ4n) is 1.80. The summed E-state index contributed by atoms with van der Waals surface area (Å²) in [6, 6.07) is 5.81. The van der Waals surface area contributed by atoms with Gasteiger partial charge in [-0.3, -0.25) is 9.59 Å². The van der Waals surface area contributed by atoms with Crippen LogP contribution < -0.4 is 10.6 Å². The molecule has 0 spiro atoms. The molecule has 0 aliphatic rings. The summed E-state index contributed by atoms with van der Waals surface area (Å²) in [6.07, 6.45) is 0. The minimum absolute atomic E-state index is 0.103. The van der Waals surface area contributed by atoms with Crippen LogP contribution in [0.4, 0.5) is 10.8 Å². The van der Waals surface area contributed by atoms with Gasteiger partial charge in [0.25, 0.3) is 0 Å². The zero-order valence-corrected chi connectivity index (χ0v) is 16.6. The average molecular weight is 379 g/mol. The van der Waals surface area contributed by atoms with Gasteiger partial charge >= 0.3 is 0 Å². The molecule has 0 saturated carbocycles. The van der Waals surface area contributed by atoms with Crippen LogP contribution in [0.15, 0.2) is 22.5 Å². The van der Waals surface area contributed by atoms with E-state index in [1.54, 1.807) is 0 Å². The van der Waals surface area contributed by atoms with Crippen LogP contribution >= 0.6 is 23.1 Å². The van der Waals surface area contributed by atoms with E-state index in [0.717, 1.165) is 16.8 Å². The van der Waals surface area contributed by atoms with Gasteiger partial charge in [0, 0.05) is 11.1 Å². The van der Waals surface area contributed by atoms with Crippen molar-refractivity contribution in [1.82, 2.24) is 10.2 Å². The van der Waals surface area contributed by atoms with E-state index in [4.69, 9.17) is 0 Å². The maximum Gasteiger partial charge on any atom is 0.234 e. The Labute approximate surface area is 155 Å². The van der Waals surface area contributed by atoms with Crippen molar-refractivity contribution in [3.63, 3.8) is 0 Å². The number of nitrogens with one attached hydrogen (secondary N) is 2. The third-order valence-corrected chi connectivity index (χ3v) is 5.49. The number of thioether (sulfide) groups is 1. The van der Waals surface area contributed by atoms with Crippen LogP contribution in [0.25, 0.3) is 0 Å². The quantitative estimate of drug-likeness (QED) is 0.609. The number of hydrogen-bond donors (Lipinski definition) is 2. The number of carbonyl (C=O) groups excluding carboxylic acids is 2. The van der Waals surface area contributed by atoms with E-state index in [1.165, 1.54) is 23.1 Å². The number of hydrogen-bond acceptors (Lipinski definition) is 6. The highest BCUT2D eigenvalue weighted by Crippen LogP contribution is 2.27. The first kappa shape index (κ1) is 19.4. The molecule has 0 aliphatic carbocycles. The standard InChI is InChI=1S/C17H22N4O2S2/c1-10-7-6-8-12(11(10)2)18-13(22)9-24-16-21-20-15(25-16)19-14(23)17(3,4)5/h6-8H,9H2,1-5H3,(H,18,22)(H,19,20,23). The molecular weight excluding hydrogens is 356 g/mol. The Hall–Kier alpha value is -1.93. The highest BCUT2D eigenvalue weighted by Gasteiger charge is 2.22. The van der Waals surface area contributed by atoms with Crippen molar-refractivity contribution in [2.24, 2.45) is 5.41 Å². The molecule has 2 rings (SSSR count). The molecule has 0 radical (unpaired) electrons. The number of carbonyl (C=O) groups is 2. The summed E-state index contributed by atoms with van der Waals surface area (Å²) in [5, 5.41) is 14.0. The molecule has 6 nitrogen and oxygen atoms in total. The van der Waals surface area contributed by atoms with E-state index >= 15 is 0 Å². The monoisotopic (exact) mass is 378 g/mol. The van der Waals surface area contributed by atoms with Crippen LogP contribution in [0, 0.1) is 19.3 Å². The molecular formula is C17H22N4O2S2. The number of amides is 2.